The molecule has 0 aliphatic heterocycles. The Morgan fingerprint density at radius 3 is 2.39 bits per heavy atom. The Kier molecular flexibility index (Phi) is 11.0. The molecule has 0 saturated heterocycles. The van der Waals surface area contributed by atoms with Gasteiger partial charge in [-0.1, -0.05) is 74.5 Å². The molecule has 7 nitrogen and oxygen atoms in total. The van der Waals surface area contributed by atoms with Gasteiger partial charge in [-0.2, -0.15) is 0 Å². The fraction of sp³-hybridized carbons (Fsp3) is 0.344. The lowest BCUT2D eigenvalue weighted by Crippen LogP contribution is -2.40. The van der Waals surface area contributed by atoms with Crippen LogP contribution in [-0.4, -0.2) is 58.4 Å². The maximum Gasteiger partial charge on any atom is 0.240 e. The average molecular weight is 591 g/mol. The molecule has 1 heterocycles. The number of amides is 1. The predicted octanol–water partition coefficient (Wildman–Crippen LogP) is 6.31. The van der Waals surface area contributed by atoms with Gasteiger partial charge in [0.25, 0.3) is 0 Å². The van der Waals surface area contributed by atoms with E-state index in [-0.39, 0.29) is 5.92 Å². The molecular formula is C32H39ClN6OS. The molecule has 0 radical (unpaired) electrons. The first kappa shape index (κ1) is 30.8. The number of nitrogens with two attached hydrogens (primary N) is 1. The van der Waals surface area contributed by atoms with Gasteiger partial charge in [-0.15, -0.1) is 0 Å². The molecule has 216 valence electrons. The minimum Gasteiger partial charge on any atom is -0.368 e. The second-order valence-electron chi connectivity index (χ2n) is 10.5. The highest BCUT2D eigenvalue weighted by Gasteiger charge is 2.21. The van der Waals surface area contributed by atoms with E-state index in [1.165, 1.54) is 15.4 Å². The van der Waals surface area contributed by atoms with Crippen molar-refractivity contribution in [2.45, 2.75) is 49.7 Å². The number of likely N-dealkylation sites (N-methyl/N-ethyl adjacent to an activating group) is 2. The Balaban J connectivity index is 1.42. The van der Waals surface area contributed by atoms with Gasteiger partial charge < -0.3 is 11.1 Å². The number of halogens is 1. The summed E-state index contributed by atoms with van der Waals surface area (Å²) in [5.74, 6) is 0.978. The number of hydrogen-bond donors (Lipinski definition) is 2. The predicted molar refractivity (Wildman–Crippen MR) is 170 cm³/mol. The molecule has 3 N–H and O–H groups in total. The van der Waals surface area contributed by atoms with E-state index in [1.807, 2.05) is 50.2 Å². The minimum atomic E-state index is -0.516. The summed E-state index contributed by atoms with van der Waals surface area (Å²) in [5.41, 5.74) is 7.82. The summed E-state index contributed by atoms with van der Waals surface area (Å²) >= 11 is 7.84. The molecular weight excluding hydrogens is 552 g/mol. The van der Waals surface area contributed by atoms with E-state index in [0.717, 1.165) is 42.1 Å². The van der Waals surface area contributed by atoms with E-state index in [2.05, 4.69) is 65.5 Å². The second-order valence-corrected chi connectivity index (χ2v) is 12.1. The van der Waals surface area contributed by atoms with Crippen molar-refractivity contribution in [2.75, 3.05) is 32.0 Å². The molecule has 0 saturated carbocycles. The largest absolute Gasteiger partial charge is 0.368 e. The molecule has 0 aliphatic rings. The molecule has 4 rings (SSSR count). The summed E-state index contributed by atoms with van der Waals surface area (Å²) in [6, 6.07) is 23.9. The number of fused-ring (bicyclic) bond motifs is 1. The van der Waals surface area contributed by atoms with Crippen molar-refractivity contribution in [3.63, 3.8) is 0 Å². The van der Waals surface area contributed by atoms with E-state index in [9.17, 15) is 4.79 Å². The average Bonchev–Trinajstić information content (AvgIpc) is 2.95. The van der Waals surface area contributed by atoms with Crippen LogP contribution in [0.4, 0.5) is 5.82 Å². The summed E-state index contributed by atoms with van der Waals surface area (Å²) in [7, 11) is 2.09. The molecule has 0 unspecified atom stereocenters. The van der Waals surface area contributed by atoms with Crippen LogP contribution in [0.15, 0.2) is 82.6 Å². The summed E-state index contributed by atoms with van der Waals surface area (Å²) < 4.78 is 0. The van der Waals surface area contributed by atoms with E-state index in [0.29, 0.717) is 18.2 Å². The van der Waals surface area contributed by atoms with Gasteiger partial charge in [0.2, 0.25) is 5.91 Å². The quantitative estimate of drug-likeness (QED) is 0.178. The maximum atomic E-state index is 12.1. The van der Waals surface area contributed by atoms with E-state index in [4.69, 9.17) is 27.3 Å². The molecule has 1 aromatic heterocycles. The van der Waals surface area contributed by atoms with Gasteiger partial charge in [0.15, 0.2) is 0 Å². The van der Waals surface area contributed by atoms with Gasteiger partial charge in [0.05, 0.1) is 12.1 Å². The van der Waals surface area contributed by atoms with Crippen molar-refractivity contribution in [1.29, 1.82) is 0 Å². The minimum absolute atomic E-state index is 0.0297. The van der Waals surface area contributed by atoms with Crippen LogP contribution in [-0.2, 0) is 17.9 Å². The Morgan fingerprint density at radius 1 is 0.976 bits per heavy atom. The molecule has 41 heavy (non-hydrogen) atoms. The first-order valence-electron chi connectivity index (χ1n) is 14.0. The van der Waals surface area contributed by atoms with Gasteiger partial charge in [-0.25, -0.2) is 9.97 Å². The van der Waals surface area contributed by atoms with Crippen LogP contribution in [0, 0.1) is 5.92 Å². The smallest absolute Gasteiger partial charge is 0.240 e. The zero-order valence-electron chi connectivity index (χ0n) is 24.2. The lowest BCUT2D eigenvalue weighted by Gasteiger charge is -2.25. The van der Waals surface area contributed by atoms with Crippen molar-refractivity contribution in [3.05, 3.63) is 89.2 Å². The number of aromatic nitrogens is 2. The summed E-state index contributed by atoms with van der Waals surface area (Å²) in [4.78, 5) is 28.8. The standard InChI is InChI=1S/C32H39ClN6OS/c1-5-39(20-23-10-6-9-13-28(23)41-25-16-14-24(33)15-17-25)19-18-38(4)21-29-35-27-12-8-7-11-26(27)32(36-29)37-30(22(2)3)31(34)40/h6-17,22,30H,5,18-21H2,1-4H3,(H2,34,40)(H,35,36,37)/t30-/m0/s1. The molecule has 0 bridgehead atoms. The second kappa shape index (κ2) is 14.6. The van der Waals surface area contributed by atoms with Gasteiger partial charge in [-0.3, -0.25) is 14.6 Å². The Morgan fingerprint density at radius 2 is 1.68 bits per heavy atom. The number of benzene rings is 3. The molecule has 9 heteroatoms. The molecule has 1 amide bonds. The molecule has 3 aromatic carbocycles. The van der Waals surface area contributed by atoms with Gasteiger partial charge >= 0.3 is 0 Å². The van der Waals surface area contributed by atoms with Crippen molar-refractivity contribution in [2.24, 2.45) is 11.7 Å². The maximum absolute atomic E-state index is 12.1. The number of anilines is 1. The number of rotatable bonds is 14. The number of nitrogens with zero attached hydrogens (tertiary/aromatic N) is 4. The monoisotopic (exact) mass is 590 g/mol. The van der Waals surface area contributed by atoms with Crippen LogP contribution in [0.3, 0.4) is 0 Å². The molecule has 1 atom stereocenters. The zero-order valence-corrected chi connectivity index (χ0v) is 25.8. The Hall–Kier alpha value is -3.17. The van der Waals surface area contributed by atoms with Crippen molar-refractivity contribution in [3.8, 4) is 0 Å². The topological polar surface area (TPSA) is 87.4 Å². The highest BCUT2D eigenvalue weighted by Crippen LogP contribution is 2.32. The Labute approximate surface area is 252 Å². The van der Waals surface area contributed by atoms with Gasteiger partial charge in [-0.05, 0) is 67.5 Å². The number of hydrogen-bond acceptors (Lipinski definition) is 7. The van der Waals surface area contributed by atoms with Crippen molar-refractivity contribution in [1.82, 2.24) is 19.8 Å². The van der Waals surface area contributed by atoms with Crippen LogP contribution < -0.4 is 11.1 Å². The van der Waals surface area contributed by atoms with Crippen LogP contribution in [0.25, 0.3) is 10.9 Å². The first-order valence-corrected chi connectivity index (χ1v) is 15.2. The number of primary amides is 1. The number of nitrogens with one attached hydrogen (secondary N) is 1. The SMILES string of the molecule is CCN(CCN(C)Cc1nc(N[C@H](C(N)=O)C(C)C)c2ccccc2n1)Cc1ccccc1Sc1ccc(Cl)cc1. The van der Waals surface area contributed by atoms with E-state index < -0.39 is 11.9 Å². The third-order valence-electron chi connectivity index (χ3n) is 6.98. The summed E-state index contributed by atoms with van der Waals surface area (Å²) in [6.45, 7) is 10.3. The number of carbonyl (C=O) groups excluding carboxylic acids is 1. The molecule has 0 aliphatic carbocycles. The van der Waals surface area contributed by atoms with E-state index >= 15 is 0 Å². The van der Waals surface area contributed by atoms with E-state index in [1.54, 1.807) is 11.8 Å². The number of carbonyl (C=O) groups is 1. The summed E-state index contributed by atoms with van der Waals surface area (Å²) in [6.07, 6.45) is 0. The third kappa shape index (κ3) is 8.66. The van der Waals surface area contributed by atoms with Crippen LogP contribution in [0.1, 0.15) is 32.2 Å². The number of para-hydroxylation sites is 1. The molecule has 4 aromatic rings. The molecule has 0 fully saturated rings. The Bertz CT molecular complexity index is 1450. The summed E-state index contributed by atoms with van der Waals surface area (Å²) in [5, 5.41) is 4.91. The molecule has 0 spiro atoms. The van der Waals surface area contributed by atoms with Crippen LogP contribution in [0.5, 0.6) is 0 Å². The highest BCUT2D eigenvalue weighted by molar-refractivity contribution is 7.99. The lowest BCUT2D eigenvalue weighted by atomic mass is 10.0. The first-order chi connectivity index (χ1) is 19.7. The zero-order chi connectivity index (χ0) is 29.4. The highest BCUT2D eigenvalue weighted by atomic mass is 35.5. The van der Waals surface area contributed by atoms with Crippen LogP contribution >= 0.6 is 23.4 Å². The van der Waals surface area contributed by atoms with Gasteiger partial charge in [0, 0.05) is 39.8 Å². The third-order valence-corrected chi connectivity index (χ3v) is 8.36. The fourth-order valence-electron chi connectivity index (χ4n) is 4.61. The van der Waals surface area contributed by atoms with Gasteiger partial charge in [0.1, 0.15) is 17.7 Å². The lowest BCUT2D eigenvalue weighted by molar-refractivity contribution is -0.119. The normalized spacial score (nSPS) is 12.4. The van der Waals surface area contributed by atoms with Crippen molar-refractivity contribution >= 4 is 46.0 Å². The van der Waals surface area contributed by atoms with Crippen molar-refractivity contribution < 1.29 is 4.79 Å². The van der Waals surface area contributed by atoms with Crippen LogP contribution in [0.2, 0.25) is 5.02 Å². The fourth-order valence-corrected chi connectivity index (χ4v) is 5.67.